The lowest BCUT2D eigenvalue weighted by Gasteiger charge is -2.37. The number of nitriles is 2. The van der Waals surface area contributed by atoms with Gasteiger partial charge in [-0.3, -0.25) is 4.90 Å². The number of rotatable bonds is 3. The summed E-state index contributed by atoms with van der Waals surface area (Å²) in [5, 5.41) is 18.0. The van der Waals surface area contributed by atoms with Gasteiger partial charge in [0.15, 0.2) is 0 Å². The van der Waals surface area contributed by atoms with Gasteiger partial charge in [0.25, 0.3) is 0 Å². The monoisotopic (exact) mass is 255 g/mol. The van der Waals surface area contributed by atoms with Crippen LogP contribution in [0.5, 0.6) is 0 Å². The van der Waals surface area contributed by atoms with Gasteiger partial charge in [-0.15, -0.1) is 0 Å². The minimum absolute atomic E-state index is 0.0144. The quantitative estimate of drug-likeness (QED) is 0.816. The van der Waals surface area contributed by atoms with Crippen molar-refractivity contribution in [2.24, 2.45) is 0 Å². The summed E-state index contributed by atoms with van der Waals surface area (Å²) in [5.74, 6) is 0.851. The zero-order valence-electron chi connectivity index (χ0n) is 11.1. The smallest absolute Gasteiger partial charge is 0.129 e. The van der Waals surface area contributed by atoms with E-state index in [0.29, 0.717) is 5.56 Å². The highest BCUT2D eigenvalue weighted by Gasteiger charge is 2.23. The second-order valence-electron chi connectivity index (χ2n) is 4.59. The van der Waals surface area contributed by atoms with Crippen molar-refractivity contribution in [3.63, 3.8) is 0 Å². The largest absolute Gasteiger partial charge is 0.354 e. The first-order chi connectivity index (χ1) is 9.28. The third-order valence-electron chi connectivity index (χ3n) is 3.49. The molecule has 19 heavy (non-hydrogen) atoms. The standard InChI is InChI=1S/C14H17N5/c1-2-13(11-16)18-5-7-19(8-6-18)14-9-12(10-15)3-4-17-14/h3-4,9,13H,2,5-8H2,1H3. The Kier molecular flexibility index (Phi) is 4.33. The van der Waals surface area contributed by atoms with E-state index < -0.39 is 0 Å². The predicted molar refractivity (Wildman–Crippen MR) is 72.4 cm³/mol. The lowest BCUT2D eigenvalue weighted by molar-refractivity contribution is 0.216. The molecule has 2 heterocycles. The van der Waals surface area contributed by atoms with Crippen LogP contribution in [0.2, 0.25) is 0 Å². The second-order valence-corrected chi connectivity index (χ2v) is 4.59. The molecule has 1 aliphatic heterocycles. The van der Waals surface area contributed by atoms with Gasteiger partial charge in [-0.1, -0.05) is 6.92 Å². The van der Waals surface area contributed by atoms with Crippen LogP contribution in [0.15, 0.2) is 18.3 Å². The van der Waals surface area contributed by atoms with Crippen LogP contribution in [0.25, 0.3) is 0 Å². The highest BCUT2D eigenvalue weighted by molar-refractivity contribution is 5.45. The Balaban J connectivity index is 2.00. The molecule has 0 saturated carbocycles. The molecule has 1 aliphatic rings. The molecule has 0 radical (unpaired) electrons. The predicted octanol–water partition coefficient (Wildman–Crippen LogP) is 1.38. The maximum atomic E-state index is 9.08. The average molecular weight is 255 g/mol. The molecule has 5 heteroatoms. The number of aromatic nitrogens is 1. The van der Waals surface area contributed by atoms with Crippen LogP contribution in [0.4, 0.5) is 5.82 Å². The SMILES string of the molecule is CCC(C#N)N1CCN(c2cc(C#N)ccn2)CC1. The van der Waals surface area contributed by atoms with Gasteiger partial charge < -0.3 is 4.90 Å². The summed E-state index contributed by atoms with van der Waals surface area (Å²) in [6, 6.07) is 8.02. The normalized spacial score (nSPS) is 17.5. The Hall–Kier alpha value is -2.11. The molecule has 98 valence electrons. The van der Waals surface area contributed by atoms with Gasteiger partial charge in [0, 0.05) is 32.4 Å². The molecule has 0 amide bonds. The van der Waals surface area contributed by atoms with Crippen molar-refractivity contribution in [1.82, 2.24) is 9.88 Å². The van der Waals surface area contributed by atoms with Crippen molar-refractivity contribution in [2.75, 3.05) is 31.1 Å². The van der Waals surface area contributed by atoms with E-state index in [1.165, 1.54) is 0 Å². The number of piperazine rings is 1. The van der Waals surface area contributed by atoms with E-state index in [4.69, 9.17) is 10.5 Å². The van der Waals surface area contributed by atoms with Crippen LogP contribution < -0.4 is 4.90 Å². The van der Waals surface area contributed by atoms with Gasteiger partial charge in [0.2, 0.25) is 0 Å². The average Bonchev–Trinajstić information content (AvgIpc) is 2.49. The summed E-state index contributed by atoms with van der Waals surface area (Å²) in [4.78, 5) is 8.69. The lowest BCUT2D eigenvalue weighted by Crippen LogP contribution is -2.50. The van der Waals surface area contributed by atoms with E-state index >= 15 is 0 Å². The molecule has 0 bridgehead atoms. The fraction of sp³-hybridized carbons (Fsp3) is 0.500. The van der Waals surface area contributed by atoms with Crippen LogP contribution >= 0.6 is 0 Å². The maximum Gasteiger partial charge on any atom is 0.129 e. The Morgan fingerprint density at radius 3 is 2.63 bits per heavy atom. The summed E-state index contributed by atoms with van der Waals surface area (Å²) >= 11 is 0. The van der Waals surface area contributed by atoms with E-state index in [0.717, 1.165) is 38.4 Å². The molecular weight excluding hydrogens is 238 g/mol. The maximum absolute atomic E-state index is 9.08. The zero-order chi connectivity index (χ0) is 13.7. The van der Waals surface area contributed by atoms with Gasteiger partial charge in [-0.05, 0) is 18.6 Å². The number of nitrogens with zero attached hydrogens (tertiary/aromatic N) is 5. The minimum atomic E-state index is 0.0144. The van der Waals surface area contributed by atoms with Crippen LogP contribution in [0.3, 0.4) is 0 Å². The topological polar surface area (TPSA) is 67.0 Å². The van der Waals surface area contributed by atoms with E-state index in [1.807, 2.05) is 13.0 Å². The highest BCUT2D eigenvalue weighted by Crippen LogP contribution is 2.16. The van der Waals surface area contributed by atoms with Crippen molar-refractivity contribution in [3.05, 3.63) is 23.9 Å². The molecule has 5 nitrogen and oxygen atoms in total. The first-order valence-corrected chi connectivity index (χ1v) is 6.53. The number of pyridine rings is 1. The first-order valence-electron chi connectivity index (χ1n) is 6.53. The minimum Gasteiger partial charge on any atom is -0.354 e. The molecule has 1 aromatic heterocycles. The van der Waals surface area contributed by atoms with Crippen LogP contribution in [-0.2, 0) is 0 Å². The molecule has 0 aromatic carbocycles. The number of hydrogen-bond donors (Lipinski definition) is 0. The van der Waals surface area contributed by atoms with Gasteiger partial charge in [0.1, 0.15) is 5.82 Å². The van der Waals surface area contributed by atoms with Crippen molar-refractivity contribution in [3.8, 4) is 12.1 Å². The van der Waals surface area contributed by atoms with Gasteiger partial charge in [-0.2, -0.15) is 10.5 Å². The Morgan fingerprint density at radius 1 is 1.32 bits per heavy atom. The first kappa shape index (κ1) is 13.3. The van der Waals surface area contributed by atoms with Gasteiger partial charge >= 0.3 is 0 Å². The molecule has 1 unspecified atom stereocenters. The van der Waals surface area contributed by atoms with E-state index in [1.54, 1.807) is 12.3 Å². The van der Waals surface area contributed by atoms with E-state index in [-0.39, 0.29) is 6.04 Å². The fourth-order valence-electron chi connectivity index (χ4n) is 2.35. The van der Waals surface area contributed by atoms with Crippen molar-refractivity contribution in [2.45, 2.75) is 19.4 Å². The van der Waals surface area contributed by atoms with Crippen LogP contribution in [-0.4, -0.2) is 42.1 Å². The van der Waals surface area contributed by atoms with E-state index in [9.17, 15) is 0 Å². The molecule has 1 atom stereocenters. The third kappa shape index (κ3) is 3.01. The van der Waals surface area contributed by atoms with Gasteiger partial charge in [0.05, 0.1) is 23.7 Å². The summed E-state index contributed by atoms with van der Waals surface area (Å²) in [6.45, 7) is 5.47. The summed E-state index contributed by atoms with van der Waals surface area (Å²) < 4.78 is 0. The molecule has 0 spiro atoms. The fourth-order valence-corrected chi connectivity index (χ4v) is 2.35. The van der Waals surface area contributed by atoms with Gasteiger partial charge in [-0.25, -0.2) is 4.98 Å². The van der Waals surface area contributed by atoms with Crippen molar-refractivity contribution in [1.29, 1.82) is 10.5 Å². The molecule has 0 aliphatic carbocycles. The Bertz CT molecular complexity index is 505. The van der Waals surface area contributed by atoms with Crippen molar-refractivity contribution >= 4 is 5.82 Å². The second kappa shape index (κ2) is 6.17. The molecule has 2 rings (SSSR count). The lowest BCUT2D eigenvalue weighted by atomic mass is 10.2. The Labute approximate surface area is 113 Å². The van der Waals surface area contributed by atoms with Crippen molar-refractivity contribution < 1.29 is 0 Å². The van der Waals surface area contributed by atoms with E-state index in [2.05, 4.69) is 26.9 Å². The van der Waals surface area contributed by atoms with Crippen LogP contribution in [0, 0.1) is 22.7 Å². The number of anilines is 1. The Morgan fingerprint density at radius 2 is 2.05 bits per heavy atom. The molecular formula is C14H17N5. The summed E-state index contributed by atoms with van der Waals surface area (Å²) in [7, 11) is 0. The molecule has 1 fully saturated rings. The summed E-state index contributed by atoms with van der Waals surface area (Å²) in [5.41, 5.74) is 0.635. The molecule has 1 aromatic rings. The number of hydrogen-bond acceptors (Lipinski definition) is 5. The third-order valence-corrected chi connectivity index (χ3v) is 3.49. The summed E-state index contributed by atoms with van der Waals surface area (Å²) in [6.07, 6.45) is 2.53. The highest BCUT2D eigenvalue weighted by atomic mass is 15.3. The molecule has 1 saturated heterocycles. The van der Waals surface area contributed by atoms with Crippen LogP contribution in [0.1, 0.15) is 18.9 Å². The zero-order valence-corrected chi connectivity index (χ0v) is 11.1. The molecule has 0 N–H and O–H groups in total.